The number of benzene rings is 3. The minimum absolute atomic E-state index is 0.0218. The number of alkyl carbamates (subject to hydrolysis) is 1. The number of carboxylic acids is 1. The van der Waals surface area contributed by atoms with Gasteiger partial charge in [-0.1, -0.05) is 78.9 Å². The summed E-state index contributed by atoms with van der Waals surface area (Å²) in [7, 11) is 0. The van der Waals surface area contributed by atoms with Gasteiger partial charge in [-0.05, 0) is 41.2 Å². The van der Waals surface area contributed by atoms with Crippen LogP contribution in [0.15, 0.2) is 78.9 Å². The highest BCUT2D eigenvalue weighted by atomic mass is 16.5. The van der Waals surface area contributed by atoms with Crippen LogP contribution in [0.3, 0.4) is 0 Å². The van der Waals surface area contributed by atoms with Crippen molar-refractivity contribution < 1.29 is 33.8 Å². The SMILES string of the molecule is CC(CCC(=O)O)NC(=O)[C@H](CC(=O)OCc1ccccc1)NC(=O)OCC1c2ccccc2-c2ccccc21. The molecule has 0 saturated carbocycles. The molecule has 0 spiro atoms. The van der Waals surface area contributed by atoms with E-state index in [2.05, 4.69) is 10.6 Å². The van der Waals surface area contributed by atoms with Gasteiger partial charge in [0.1, 0.15) is 19.3 Å². The first-order valence-electron chi connectivity index (χ1n) is 13.1. The topological polar surface area (TPSA) is 131 Å². The lowest BCUT2D eigenvalue weighted by Crippen LogP contribution is -2.50. The molecule has 0 bridgehead atoms. The van der Waals surface area contributed by atoms with Crippen LogP contribution in [0.4, 0.5) is 4.79 Å². The van der Waals surface area contributed by atoms with Crippen molar-refractivity contribution in [3.8, 4) is 11.1 Å². The fourth-order valence-corrected chi connectivity index (χ4v) is 4.71. The van der Waals surface area contributed by atoms with Gasteiger partial charge < -0.3 is 25.2 Å². The average molecular weight is 545 g/mol. The van der Waals surface area contributed by atoms with Crippen molar-refractivity contribution in [3.63, 3.8) is 0 Å². The Balaban J connectivity index is 1.39. The van der Waals surface area contributed by atoms with Crippen molar-refractivity contribution in [2.45, 2.75) is 50.8 Å². The maximum absolute atomic E-state index is 13.0. The molecule has 9 heteroatoms. The van der Waals surface area contributed by atoms with Crippen molar-refractivity contribution in [3.05, 3.63) is 95.6 Å². The molecule has 3 N–H and O–H groups in total. The average Bonchev–Trinajstić information content (AvgIpc) is 3.27. The van der Waals surface area contributed by atoms with Gasteiger partial charge in [0.15, 0.2) is 0 Å². The Morgan fingerprint density at radius 3 is 2.05 bits per heavy atom. The third kappa shape index (κ3) is 7.47. The second-order valence-corrected chi connectivity index (χ2v) is 9.71. The van der Waals surface area contributed by atoms with E-state index in [9.17, 15) is 19.2 Å². The Morgan fingerprint density at radius 2 is 1.43 bits per heavy atom. The lowest BCUT2D eigenvalue weighted by molar-refractivity contribution is -0.147. The molecular formula is C31H32N2O7. The predicted octanol–water partition coefficient (Wildman–Crippen LogP) is 4.40. The van der Waals surface area contributed by atoms with Crippen molar-refractivity contribution in [2.24, 2.45) is 0 Å². The number of hydrogen-bond acceptors (Lipinski definition) is 6. The monoisotopic (exact) mass is 544 g/mol. The van der Waals surface area contributed by atoms with Crippen LogP contribution in [0.25, 0.3) is 11.1 Å². The van der Waals surface area contributed by atoms with E-state index in [1.807, 2.05) is 66.7 Å². The quantitative estimate of drug-likeness (QED) is 0.288. The molecule has 0 heterocycles. The second-order valence-electron chi connectivity index (χ2n) is 9.71. The van der Waals surface area contributed by atoms with Crippen LogP contribution in [-0.4, -0.2) is 47.7 Å². The van der Waals surface area contributed by atoms with Crippen molar-refractivity contribution >= 4 is 23.9 Å². The van der Waals surface area contributed by atoms with Crippen molar-refractivity contribution in [1.82, 2.24) is 10.6 Å². The first-order valence-corrected chi connectivity index (χ1v) is 13.1. The Kier molecular flexibility index (Phi) is 9.51. The summed E-state index contributed by atoms with van der Waals surface area (Å²) in [5.74, 6) is -2.47. The van der Waals surface area contributed by atoms with Gasteiger partial charge in [0.05, 0.1) is 6.42 Å². The molecule has 208 valence electrons. The molecule has 2 amide bonds. The summed E-state index contributed by atoms with van der Waals surface area (Å²) in [6.07, 6.45) is -1.22. The fourth-order valence-electron chi connectivity index (χ4n) is 4.71. The van der Waals surface area contributed by atoms with Crippen LogP contribution in [0.5, 0.6) is 0 Å². The number of carbonyl (C=O) groups excluding carboxylic acids is 3. The van der Waals surface area contributed by atoms with Gasteiger partial charge in [0, 0.05) is 18.4 Å². The summed E-state index contributed by atoms with van der Waals surface area (Å²) in [6.45, 7) is 1.72. The number of carbonyl (C=O) groups is 4. The maximum Gasteiger partial charge on any atom is 0.407 e. The van der Waals surface area contributed by atoms with Crippen molar-refractivity contribution in [2.75, 3.05) is 6.61 Å². The van der Waals surface area contributed by atoms with E-state index in [1.165, 1.54) is 0 Å². The zero-order chi connectivity index (χ0) is 28.5. The largest absolute Gasteiger partial charge is 0.481 e. The summed E-state index contributed by atoms with van der Waals surface area (Å²) in [4.78, 5) is 49.3. The van der Waals surface area contributed by atoms with Gasteiger partial charge in [-0.3, -0.25) is 14.4 Å². The van der Waals surface area contributed by atoms with Gasteiger partial charge in [0.25, 0.3) is 0 Å². The maximum atomic E-state index is 13.0. The number of amides is 2. The molecule has 0 radical (unpaired) electrons. The van der Waals surface area contributed by atoms with Crippen LogP contribution in [-0.2, 0) is 30.5 Å². The molecule has 4 rings (SSSR count). The molecule has 0 saturated heterocycles. The van der Waals surface area contributed by atoms with Crippen LogP contribution in [0.2, 0.25) is 0 Å². The smallest absolute Gasteiger partial charge is 0.407 e. The number of carboxylic acid groups (broad SMARTS) is 1. The molecule has 1 aliphatic carbocycles. The van der Waals surface area contributed by atoms with Gasteiger partial charge in [-0.15, -0.1) is 0 Å². The molecule has 0 aromatic heterocycles. The van der Waals surface area contributed by atoms with Crippen LogP contribution >= 0.6 is 0 Å². The molecule has 0 aliphatic heterocycles. The Hall–Kier alpha value is -4.66. The predicted molar refractivity (Wildman–Crippen MR) is 147 cm³/mol. The molecule has 40 heavy (non-hydrogen) atoms. The summed E-state index contributed by atoms with van der Waals surface area (Å²) in [5.41, 5.74) is 5.04. The third-order valence-corrected chi connectivity index (χ3v) is 6.75. The standard InChI is InChI=1S/C31H32N2O7/c1-20(15-16-28(34)35)32-30(37)27(17-29(36)39-18-21-9-3-2-4-10-21)33-31(38)40-19-26-24-13-7-5-11-22(24)23-12-6-8-14-25(23)26/h2-14,20,26-27H,15-19H2,1H3,(H,32,37)(H,33,38)(H,34,35)/t20?,27-/m0/s1. The summed E-state index contributed by atoms with van der Waals surface area (Å²) >= 11 is 0. The van der Waals surface area contributed by atoms with Gasteiger partial charge >= 0.3 is 18.0 Å². The number of esters is 1. The van der Waals surface area contributed by atoms with Crippen molar-refractivity contribution in [1.29, 1.82) is 0 Å². The zero-order valence-electron chi connectivity index (χ0n) is 22.2. The first-order chi connectivity index (χ1) is 19.3. The molecule has 0 fully saturated rings. The number of aliphatic carboxylic acids is 1. The number of rotatable bonds is 12. The van der Waals surface area contributed by atoms with E-state index >= 15 is 0 Å². The minimum Gasteiger partial charge on any atom is -0.481 e. The van der Waals surface area contributed by atoms with Crippen LogP contribution in [0.1, 0.15) is 48.8 Å². The molecule has 9 nitrogen and oxygen atoms in total. The summed E-state index contributed by atoms with van der Waals surface area (Å²) in [5, 5.41) is 14.1. The van der Waals surface area contributed by atoms with E-state index in [0.29, 0.717) is 0 Å². The minimum atomic E-state index is -1.27. The zero-order valence-corrected chi connectivity index (χ0v) is 22.2. The summed E-state index contributed by atoms with van der Waals surface area (Å²) < 4.78 is 10.9. The highest BCUT2D eigenvalue weighted by Gasteiger charge is 2.31. The number of ether oxygens (including phenoxy) is 2. The highest BCUT2D eigenvalue weighted by Crippen LogP contribution is 2.44. The van der Waals surface area contributed by atoms with Gasteiger partial charge in [-0.25, -0.2) is 4.79 Å². The number of fused-ring (bicyclic) bond motifs is 3. The molecule has 2 atom stereocenters. The van der Waals surface area contributed by atoms with Crippen LogP contribution < -0.4 is 10.6 Å². The normalized spacial score (nSPS) is 13.3. The number of hydrogen-bond donors (Lipinski definition) is 3. The fraction of sp³-hybridized carbons (Fsp3) is 0.290. The lowest BCUT2D eigenvalue weighted by atomic mass is 9.98. The molecular weight excluding hydrogens is 512 g/mol. The Morgan fingerprint density at radius 1 is 0.825 bits per heavy atom. The van der Waals surface area contributed by atoms with E-state index < -0.39 is 42.4 Å². The van der Waals surface area contributed by atoms with E-state index in [-0.39, 0.29) is 32.0 Å². The second kappa shape index (κ2) is 13.4. The molecule has 1 unspecified atom stereocenters. The first kappa shape index (κ1) is 28.4. The Labute approximate surface area is 232 Å². The lowest BCUT2D eigenvalue weighted by Gasteiger charge is -2.21. The van der Waals surface area contributed by atoms with Gasteiger partial charge in [-0.2, -0.15) is 0 Å². The van der Waals surface area contributed by atoms with E-state index in [1.54, 1.807) is 19.1 Å². The van der Waals surface area contributed by atoms with E-state index in [4.69, 9.17) is 14.6 Å². The van der Waals surface area contributed by atoms with E-state index in [0.717, 1.165) is 27.8 Å². The molecule has 1 aliphatic rings. The number of nitrogens with one attached hydrogen (secondary N) is 2. The molecule has 3 aromatic carbocycles. The van der Waals surface area contributed by atoms with Gasteiger partial charge in [0.2, 0.25) is 5.91 Å². The van der Waals surface area contributed by atoms with Crippen LogP contribution in [0, 0.1) is 0 Å². The Bertz CT molecular complexity index is 1310. The summed E-state index contributed by atoms with van der Waals surface area (Å²) in [6, 6.07) is 23.2. The molecule has 3 aromatic rings. The highest BCUT2D eigenvalue weighted by molar-refractivity contribution is 5.90. The third-order valence-electron chi connectivity index (χ3n) is 6.75.